The summed E-state index contributed by atoms with van der Waals surface area (Å²) >= 11 is 0. The number of hydrogen-bond acceptors (Lipinski definition) is 1. The molecule has 0 amide bonds. The minimum Gasteiger partial charge on any atom is -0.266 e. The molecule has 0 N–H and O–H groups in total. The maximum Gasteiger partial charge on any atom is 0.0493 e. The smallest absolute Gasteiger partial charge is 0.0493 e. The molecule has 2 rings (SSSR count). The van der Waals surface area contributed by atoms with Gasteiger partial charge in [0.05, 0.1) is 0 Å². The van der Waals surface area contributed by atoms with Crippen molar-refractivity contribution in [3.05, 3.63) is 48.3 Å². The number of aromatic nitrogens is 2. The Balaban J connectivity index is 0.00000112. The van der Waals surface area contributed by atoms with E-state index in [0.29, 0.717) is 0 Å². The fraction of sp³-hybridized carbons (Fsp3) is 0.250. The van der Waals surface area contributed by atoms with E-state index in [0.717, 1.165) is 18.5 Å². The Hall–Kier alpha value is -0.921. The van der Waals surface area contributed by atoms with Crippen molar-refractivity contribution in [1.29, 1.82) is 0 Å². The maximum atomic E-state index is 4.17. The van der Waals surface area contributed by atoms with Crippen LogP contribution in [0.3, 0.4) is 0 Å². The zero-order valence-electron chi connectivity index (χ0n) is 8.61. The van der Waals surface area contributed by atoms with Gasteiger partial charge in [-0.15, -0.1) is 6.07 Å². The van der Waals surface area contributed by atoms with Crippen LogP contribution in [0.25, 0.3) is 5.69 Å². The van der Waals surface area contributed by atoms with Crippen LogP contribution >= 0.6 is 0 Å². The van der Waals surface area contributed by atoms with Crippen LogP contribution in [-0.4, -0.2) is 9.78 Å². The molecule has 0 atom stereocenters. The first-order valence-electron chi connectivity index (χ1n) is 4.91. The van der Waals surface area contributed by atoms with Gasteiger partial charge in [0.2, 0.25) is 0 Å². The molecule has 15 heavy (non-hydrogen) atoms. The normalized spacial score (nSPS) is 9.67. The zero-order valence-corrected chi connectivity index (χ0v) is 11.0. The average Bonchev–Trinajstić information content (AvgIpc) is 2.71. The standard InChI is InChI=1S/C12H13N2.Ir/c1-2-5-11-6-3-7-12(10-11)14-9-4-8-13-14;/h3-4,6-9H,2,5H2,1H3;/q-1;. The Morgan fingerprint density at radius 3 is 2.87 bits per heavy atom. The van der Waals surface area contributed by atoms with Crippen molar-refractivity contribution in [2.45, 2.75) is 19.8 Å². The molecule has 1 radical (unpaired) electrons. The van der Waals surface area contributed by atoms with Gasteiger partial charge in [-0.2, -0.15) is 28.9 Å². The summed E-state index contributed by atoms with van der Waals surface area (Å²) in [7, 11) is 0. The van der Waals surface area contributed by atoms with Crippen LogP contribution in [-0.2, 0) is 26.5 Å². The van der Waals surface area contributed by atoms with Gasteiger partial charge in [0.15, 0.2) is 0 Å². The van der Waals surface area contributed by atoms with Crippen molar-refractivity contribution in [2.75, 3.05) is 0 Å². The van der Waals surface area contributed by atoms with Gasteiger partial charge < -0.3 is 0 Å². The summed E-state index contributed by atoms with van der Waals surface area (Å²) in [5.74, 6) is 0. The molecule has 0 saturated carbocycles. The summed E-state index contributed by atoms with van der Waals surface area (Å²) in [4.78, 5) is 0. The maximum absolute atomic E-state index is 4.17. The van der Waals surface area contributed by atoms with E-state index in [4.69, 9.17) is 0 Å². The molecule has 0 spiro atoms. The number of nitrogens with zero attached hydrogens (tertiary/aromatic N) is 2. The molecule has 0 aliphatic carbocycles. The van der Waals surface area contributed by atoms with E-state index in [-0.39, 0.29) is 20.1 Å². The Labute approximate surface area is 104 Å². The minimum atomic E-state index is 0. The summed E-state index contributed by atoms with van der Waals surface area (Å²) < 4.78 is 1.83. The zero-order chi connectivity index (χ0) is 9.80. The van der Waals surface area contributed by atoms with Gasteiger partial charge in [-0.3, -0.25) is 4.68 Å². The van der Waals surface area contributed by atoms with E-state index in [2.05, 4.69) is 30.2 Å². The van der Waals surface area contributed by atoms with E-state index in [9.17, 15) is 0 Å². The number of benzene rings is 1. The van der Waals surface area contributed by atoms with E-state index >= 15 is 0 Å². The molecular weight excluding hydrogens is 364 g/mol. The molecule has 0 fully saturated rings. The molecule has 2 nitrogen and oxygen atoms in total. The van der Waals surface area contributed by atoms with Crippen LogP contribution < -0.4 is 0 Å². The monoisotopic (exact) mass is 378 g/mol. The van der Waals surface area contributed by atoms with E-state index in [1.54, 1.807) is 6.20 Å². The second-order valence-electron chi connectivity index (χ2n) is 3.26. The number of hydrogen-bond donors (Lipinski definition) is 0. The summed E-state index contributed by atoms with van der Waals surface area (Å²) in [6.45, 7) is 2.18. The van der Waals surface area contributed by atoms with Crippen LogP contribution in [0.5, 0.6) is 0 Å². The first-order valence-corrected chi connectivity index (χ1v) is 4.91. The van der Waals surface area contributed by atoms with Gasteiger partial charge in [0, 0.05) is 32.5 Å². The van der Waals surface area contributed by atoms with Gasteiger partial charge >= 0.3 is 0 Å². The fourth-order valence-electron chi connectivity index (χ4n) is 1.46. The number of rotatable bonds is 3. The summed E-state index contributed by atoms with van der Waals surface area (Å²) in [6, 6.07) is 11.4. The fourth-order valence-corrected chi connectivity index (χ4v) is 1.46. The predicted octanol–water partition coefficient (Wildman–Crippen LogP) is 2.62. The molecule has 0 unspecified atom stereocenters. The van der Waals surface area contributed by atoms with Gasteiger partial charge in [0.1, 0.15) is 0 Å². The molecule has 3 heteroatoms. The van der Waals surface area contributed by atoms with E-state index in [1.165, 1.54) is 5.56 Å². The summed E-state index contributed by atoms with van der Waals surface area (Å²) in [5.41, 5.74) is 2.27. The Kier molecular flexibility index (Phi) is 4.73. The minimum absolute atomic E-state index is 0. The SMILES string of the molecule is CCCc1[c-]c(-n2cccn2)ccc1.[Ir]. The molecule has 2 aromatic rings. The van der Waals surface area contributed by atoms with Gasteiger partial charge in [0.25, 0.3) is 0 Å². The van der Waals surface area contributed by atoms with Gasteiger partial charge in [-0.05, 0) is 11.8 Å². The summed E-state index contributed by atoms with van der Waals surface area (Å²) in [5, 5.41) is 4.17. The molecule has 1 aromatic carbocycles. The van der Waals surface area contributed by atoms with E-state index < -0.39 is 0 Å². The second-order valence-corrected chi connectivity index (χ2v) is 3.26. The second kappa shape index (κ2) is 5.84. The molecule has 1 aromatic heterocycles. The van der Waals surface area contributed by atoms with Crippen molar-refractivity contribution >= 4 is 0 Å². The van der Waals surface area contributed by atoms with Crippen molar-refractivity contribution in [3.8, 4) is 5.69 Å². The summed E-state index contributed by atoms with van der Waals surface area (Å²) in [6.07, 6.45) is 5.94. The van der Waals surface area contributed by atoms with Crippen LogP contribution in [0.15, 0.2) is 36.7 Å². The molecule has 0 aliphatic heterocycles. The largest absolute Gasteiger partial charge is 0.266 e. The molecule has 0 saturated heterocycles. The molecule has 1 heterocycles. The molecular formula is C12H13IrN2-. The van der Waals surface area contributed by atoms with E-state index in [1.807, 2.05) is 23.0 Å². The quantitative estimate of drug-likeness (QED) is 0.752. The Morgan fingerprint density at radius 2 is 2.20 bits per heavy atom. The average molecular weight is 377 g/mol. The third-order valence-corrected chi connectivity index (χ3v) is 2.11. The Bertz CT molecular complexity index is 396. The third-order valence-electron chi connectivity index (χ3n) is 2.11. The number of aryl methyl sites for hydroxylation is 1. The van der Waals surface area contributed by atoms with Gasteiger partial charge in [-0.25, -0.2) is 0 Å². The van der Waals surface area contributed by atoms with Crippen LogP contribution in [0.2, 0.25) is 0 Å². The Morgan fingerprint density at radius 1 is 1.33 bits per heavy atom. The third kappa shape index (κ3) is 3.01. The van der Waals surface area contributed by atoms with Crippen molar-refractivity contribution < 1.29 is 20.1 Å². The molecule has 0 aliphatic rings. The van der Waals surface area contributed by atoms with Crippen molar-refractivity contribution in [1.82, 2.24) is 9.78 Å². The van der Waals surface area contributed by atoms with Crippen LogP contribution in [0.1, 0.15) is 18.9 Å². The van der Waals surface area contributed by atoms with Gasteiger partial charge in [-0.1, -0.05) is 19.8 Å². The first-order chi connectivity index (χ1) is 6.90. The van der Waals surface area contributed by atoms with Crippen molar-refractivity contribution in [3.63, 3.8) is 0 Å². The predicted molar refractivity (Wildman–Crippen MR) is 56.4 cm³/mol. The molecule has 0 bridgehead atoms. The molecule has 81 valence electrons. The topological polar surface area (TPSA) is 17.8 Å². The van der Waals surface area contributed by atoms with Crippen LogP contribution in [0, 0.1) is 6.07 Å². The van der Waals surface area contributed by atoms with Crippen LogP contribution in [0.4, 0.5) is 0 Å². The first kappa shape index (κ1) is 12.2. The van der Waals surface area contributed by atoms with Crippen molar-refractivity contribution in [2.24, 2.45) is 0 Å².